The van der Waals surface area contributed by atoms with E-state index in [0.717, 1.165) is 32.1 Å². The first-order valence-corrected chi connectivity index (χ1v) is 11.8. The number of carbonyl (C=O) groups excluding carboxylic acids is 3. The van der Waals surface area contributed by atoms with Gasteiger partial charge >= 0.3 is 5.97 Å². The summed E-state index contributed by atoms with van der Waals surface area (Å²) < 4.78 is 9.79. The molecule has 180 valence electrons. The standard InChI is InChI=1S/C23H31ClN4O5/c1-32-8-7-19(29)28-23-11-22(12-23,13-23)27-17-9-18(24)25-10-16(17)20(30)26-15-5-3-14(4-6-15)21(31)33-2/h9-10,14-15H,3-8,11-13H2,1-2H3,(H,25,27)(H,26,30)(H,28,29). The third-order valence-corrected chi connectivity index (χ3v) is 7.29. The number of nitrogens with one attached hydrogen (secondary N) is 3. The van der Waals surface area contributed by atoms with Crippen molar-refractivity contribution in [3.8, 4) is 0 Å². The summed E-state index contributed by atoms with van der Waals surface area (Å²) >= 11 is 6.12. The lowest BCUT2D eigenvalue weighted by atomic mass is 9.44. The number of anilines is 1. The highest BCUT2D eigenvalue weighted by molar-refractivity contribution is 6.29. The Bertz CT molecular complexity index is 912. The SMILES string of the molecule is COCCC(=O)NC12CC(Nc3cc(Cl)ncc3C(=O)NC3CCC(C(=O)OC)CC3)(C1)C2. The van der Waals surface area contributed by atoms with E-state index >= 15 is 0 Å². The molecule has 4 saturated carbocycles. The molecular formula is C23H31ClN4O5. The van der Waals surface area contributed by atoms with Crippen LogP contribution in [-0.4, -0.2) is 60.7 Å². The average molecular weight is 479 g/mol. The first-order valence-electron chi connectivity index (χ1n) is 11.4. The van der Waals surface area contributed by atoms with Crippen LogP contribution in [0.25, 0.3) is 0 Å². The molecule has 0 unspecified atom stereocenters. The van der Waals surface area contributed by atoms with Gasteiger partial charge in [-0.25, -0.2) is 4.98 Å². The second-order valence-corrected chi connectivity index (χ2v) is 9.99. The summed E-state index contributed by atoms with van der Waals surface area (Å²) in [7, 11) is 2.98. The van der Waals surface area contributed by atoms with Gasteiger partial charge in [-0.2, -0.15) is 0 Å². The maximum atomic E-state index is 13.0. The maximum Gasteiger partial charge on any atom is 0.308 e. The quantitative estimate of drug-likeness (QED) is 0.368. The second kappa shape index (κ2) is 9.46. The number of rotatable bonds is 9. The summed E-state index contributed by atoms with van der Waals surface area (Å²) in [5.41, 5.74) is 0.787. The van der Waals surface area contributed by atoms with E-state index in [0.29, 0.717) is 42.3 Å². The normalized spacial score (nSPS) is 29.8. The van der Waals surface area contributed by atoms with Crippen LogP contribution in [0.2, 0.25) is 5.15 Å². The molecule has 3 N–H and O–H groups in total. The van der Waals surface area contributed by atoms with E-state index in [9.17, 15) is 14.4 Å². The lowest BCUT2D eigenvalue weighted by Gasteiger charge is -2.70. The van der Waals surface area contributed by atoms with E-state index in [2.05, 4.69) is 20.9 Å². The van der Waals surface area contributed by atoms with Gasteiger partial charge in [-0.1, -0.05) is 11.6 Å². The van der Waals surface area contributed by atoms with Crippen molar-refractivity contribution in [1.82, 2.24) is 15.6 Å². The van der Waals surface area contributed by atoms with Gasteiger partial charge in [0.2, 0.25) is 5.91 Å². The maximum absolute atomic E-state index is 13.0. The van der Waals surface area contributed by atoms with Crippen LogP contribution >= 0.6 is 11.6 Å². The number of hydrogen-bond acceptors (Lipinski definition) is 7. The fourth-order valence-corrected chi connectivity index (χ4v) is 5.67. The Kier molecular flexibility index (Phi) is 6.81. The summed E-state index contributed by atoms with van der Waals surface area (Å²) in [6, 6.07) is 1.68. The van der Waals surface area contributed by atoms with Gasteiger partial charge in [0.1, 0.15) is 5.15 Å². The first kappa shape index (κ1) is 23.8. The predicted molar refractivity (Wildman–Crippen MR) is 122 cm³/mol. The van der Waals surface area contributed by atoms with E-state index in [1.54, 1.807) is 13.2 Å². The number of hydrogen-bond donors (Lipinski definition) is 3. The fourth-order valence-electron chi connectivity index (χ4n) is 5.51. The molecule has 0 atom stereocenters. The minimum Gasteiger partial charge on any atom is -0.469 e. The van der Waals surface area contributed by atoms with Gasteiger partial charge in [-0.05, 0) is 51.0 Å². The van der Waals surface area contributed by atoms with Gasteiger partial charge in [0.15, 0.2) is 0 Å². The zero-order chi connectivity index (χ0) is 23.6. The molecule has 10 heteroatoms. The molecule has 0 spiro atoms. The summed E-state index contributed by atoms with van der Waals surface area (Å²) in [6.07, 6.45) is 7.10. The molecule has 0 saturated heterocycles. The van der Waals surface area contributed by atoms with E-state index in [1.807, 2.05) is 0 Å². The zero-order valence-corrected chi connectivity index (χ0v) is 19.8. The smallest absolute Gasteiger partial charge is 0.308 e. The molecule has 2 bridgehead atoms. The summed E-state index contributed by atoms with van der Waals surface area (Å²) in [6.45, 7) is 0.406. The van der Waals surface area contributed by atoms with Crippen molar-refractivity contribution in [3.63, 3.8) is 0 Å². The number of esters is 1. The Balaban J connectivity index is 1.33. The van der Waals surface area contributed by atoms with Gasteiger partial charge in [0.25, 0.3) is 5.91 Å². The van der Waals surface area contributed by atoms with E-state index in [-0.39, 0.29) is 40.8 Å². The third kappa shape index (κ3) is 5.09. The fraction of sp³-hybridized carbons (Fsp3) is 0.652. The summed E-state index contributed by atoms with van der Waals surface area (Å²) in [5.74, 6) is -0.486. The molecule has 4 aliphatic rings. The highest BCUT2D eigenvalue weighted by atomic mass is 35.5. The van der Waals surface area contributed by atoms with Crippen molar-refractivity contribution >= 4 is 35.1 Å². The van der Waals surface area contributed by atoms with Gasteiger partial charge < -0.3 is 25.4 Å². The van der Waals surface area contributed by atoms with Crippen LogP contribution < -0.4 is 16.0 Å². The third-order valence-electron chi connectivity index (χ3n) is 7.08. The minimum absolute atomic E-state index is 0.000840. The van der Waals surface area contributed by atoms with Gasteiger partial charge in [-0.15, -0.1) is 0 Å². The van der Waals surface area contributed by atoms with Crippen molar-refractivity contribution in [2.45, 2.75) is 68.5 Å². The number of carbonyl (C=O) groups is 3. The number of amides is 2. The average Bonchev–Trinajstić information content (AvgIpc) is 2.75. The minimum atomic E-state index is -0.211. The number of ether oxygens (including phenoxy) is 2. The highest BCUT2D eigenvalue weighted by Gasteiger charge is 2.68. The number of aromatic nitrogens is 1. The summed E-state index contributed by atoms with van der Waals surface area (Å²) in [4.78, 5) is 40.9. The molecule has 1 heterocycles. The molecule has 0 radical (unpaired) electrons. The largest absolute Gasteiger partial charge is 0.469 e. The van der Waals surface area contributed by atoms with E-state index < -0.39 is 0 Å². The molecule has 1 aromatic heterocycles. The van der Waals surface area contributed by atoms with Crippen LogP contribution in [0.5, 0.6) is 0 Å². The zero-order valence-electron chi connectivity index (χ0n) is 19.0. The van der Waals surface area contributed by atoms with Crippen molar-refractivity contribution in [2.75, 3.05) is 26.1 Å². The predicted octanol–water partition coefficient (Wildman–Crippen LogP) is 2.44. The Hall–Kier alpha value is -2.39. The van der Waals surface area contributed by atoms with E-state index in [1.165, 1.54) is 13.3 Å². The number of methoxy groups -OCH3 is 2. The monoisotopic (exact) mass is 478 g/mol. The topological polar surface area (TPSA) is 119 Å². The highest BCUT2D eigenvalue weighted by Crippen LogP contribution is 2.62. The van der Waals surface area contributed by atoms with Crippen LogP contribution in [-0.2, 0) is 19.1 Å². The first-order chi connectivity index (χ1) is 15.8. The molecule has 2 amide bonds. The van der Waals surface area contributed by atoms with Gasteiger partial charge in [0, 0.05) is 36.8 Å². The Morgan fingerprint density at radius 3 is 2.45 bits per heavy atom. The molecule has 4 fully saturated rings. The Morgan fingerprint density at radius 2 is 1.82 bits per heavy atom. The lowest BCUT2D eigenvalue weighted by Crippen LogP contribution is -2.81. The molecule has 4 aliphatic carbocycles. The Morgan fingerprint density at radius 1 is 1.12 bits per heavy atom. The van der Waals surface area contributed by atoms with Gasteiger partial charge in [0.05, 0.1) is 30.9 Å². The van der Waals surface area contributed by atoms with Crippen molar-refractivity contribution in [2.24, 2.45) is 5.92 Å². The lowest BCUT2D eigenvalue weighted by molar-refractivity contribution is -0.146. The number of nitrogens with zero attached hydrogens (tertiary/aromatic N) is 1. The molecule has 0 aliphatic heterocycles. The Labute approximate surface area is 198 Å². The molecule has 5 rings (SSSR count). The molecule has 1 aromatic rings. The van der Waals surface area contributed by atoms with Crippen LogP contribution in [0.4, 0.5) is 5.69 Å². The number of pyridine rings is 1. The molecule has 33 heavy (non-hydrogen) atoms. The molecular weight excluding hydrogens is 448 g/mol. The molecule has 9 nitrogen and oxygen atoms in total. The van der Waals surface area contributed by atoms with Crippen LogP contribution in [0.1, 0.15) is 61.7 Å². The van der Waals surface area contributed by atoms with Crippen LogP contribution in [0.15, 0.2) is 12.3 Å². The van der Waals surface area contributed by atoms with Crippen LogP contribution in [0.3, 0.4) is 0 Å². The van der Waals surface area contributed by atoms with Gasteiger partial charge in [-0.3, -0.25) is 14.4 Å². The van der Waals surface area contributed by atoms with Crippen LogP contribution in [0, 0.1) is 5.92 Å². The molecule has 0 aromatic carbocycles. The van der Waals surface area contributed by atoms with E-state index in [4.69, 9.17) is 21.1 Å². The van der Waals surface area contributed by atoms with Crippen molar-refractivity contribution < 1.29 is 23.9 Å². The van der Waals surface area contributed by atoms with Crippen molar-refractivity contribution in [3.05, 3.63) is 23.0 Å². The van der Waals surface area contributed by atoms with Crippen molar-refractivity contribution in [1.29, 1.82) is 0 Å². The summed E-state index contributed by atoms with van der Waals surface area (Å²) in [5, 5.41) is 9.99. The second-order valence-electron chi connectivity index (χ2n) is 9.60. The number of halogens is 1.